The van der Waals surface area contributed by atoms with Gasteiger partial charge in [0.1, 0.15) is 40.9 Å². The summed E-state index contributed by atoms with van der Waals surface area (Å²) < 4.78 is 8.12. The van der Waals surface area contributed by atoms with Gasteiger partial charge in [-0.1, -0.05) is 30.3 Å². The Morgan fingerprint density at radius 1 is 1.14 bits per heavy atom. The van der Waals surface area contributed by atoms with Crippen molar-refractivity contribution >= 4 is 22.8 Å². The van der Waals surface area contributed by atoms with E-state index in [-0.39, 0.29) is 17.5 Å². The Hall–Kier alpha value is -4.68. The Kier molecular flexibility index (Phi) is 8.01. The van der Waals surface area contributed by atoms with Crippen molar-refractivity contribution in [2.75, 3.05) is 26.4 Å². The zero-order valence-corrected chi connectivity index (χ0v) is 24.8. The van der Waals surface area contributed by atoms with Crippen molar-refractivity contribution in [3.63, 3.8) is 0 Å². The fourth-order valence-corrected chi connectivity index (χ4v) is 5.48. The van der Waals surface area contributed by atoms with Gasteiger partial charge in [0.15, 0.2) is 0 Å². The summed E-state index contributed by atoms with van der Waals surface area (Å²) in [5.41, 5.74) is 9.80. The minimum absolute atomic E-state index is 0.0864. The summed E-state index contributed by atoms with van der Waals surface area (Å²) in [6.07, 6.45) is 4.95. The minimum atomic E-state index is -0.436. The van der Waals surface area contributed by atoms with Gasteiger partial charge in [0.25, 0.3) is 5.91 Å². The maximum atomic E-state index is 13.6. The Balaban J connectivity index is 1.47. The van der Waals surface area contributed by atoms with E-state index in [1.54, 1.807) is 6.08 Å². The summed E-state index contributed by atoms with van der Waals surface area (Å²) in [5, 5.41) is 10.7. The third-order valence-corrected chi connectivity index (χ3v) is 8.28. The van der Waals surface area contributed by atoms with Crippen LogP contribution in [0.15, 0.2) is 72.6 Å². The number of hydrogen-bond donors (Lipinski definition) is 1. The van der Waals surface area contributed by atoms with Crippen LogP contribution in [0.25, 0.3) is 22.2 Å². The number of benzene rings is 2. The molecule has 0 spiro atoms. The van der Waals surface area contributed by atoms with Gasteiger partial charge >= 0.3 is 0 Å². The quantitative estimate of drug-likeness (QED) is 0.220. The number of amides is 1. The highest BCUT2D eigenvalue weighted by Crippen LogP contribution is 2.38. The van der Waals surface area contributed by atoms with Gasteiger partial charge in [-0.3, -0.25) is 4.79 Å². The number of likely N-dealkylation sites (tertiary alicyclic amines) is 1. The number of fused-ring (bicyclic) bond motifs is 1. The summed E-state index contributed by atoms with van der Waals surface area (Å²) in [5.74, 6) is 1.68. The molecule has 0 bridgehead atoms. The Labute approximate surface area is 246 Å². The predicted molar refractivity (Wildman–Crippen MR) is 165 cm³/mol. The van der Waals surface area contributed by atoms with Crippen molar-refractivity contribution in [2.24, 2.45) is 0 Å². The lowest BCUT2D eigenvalue weighted by Gasteiger charge is -2.30. The van der Waals surface area contributed by atoms with E-state index in [0.29, 0.717) is 18.9 Å². The first-order chi connectivity index (χ1) is 20.1. The van der Waals surface area contributed by atoms with Gasteiger partial charge in [0.2, 0.25) is 0 Å². The fraction of sp³-hybridized carbons (Fsp3) is 0.333. The standard InChI is InChI=1S/C33H37N7O2/c1-22-28(23-13-15-27(16-14-23)42-26-11-7-6-8-12-26)29-30(35)36-21-37-31(29)40(22)20-25-10-9-17-39(25)32(41)24(19-34)18-33(2,3)38(4)5/h6-8,11-16,18,21,25H,9-10,17,20H2,1-5H3,(H2,35,36,37)/b24-18+/t25-/m0/s1. The van der Waals surface area contributed by atoms with E-state index in [0.717, 1.165) is 52.2 Å². The lowest BCUT2D eigenvalue weighted by Crippen LogP contribution is -2.41. The molecule has 0 radical (unpaired) electrons. The number of nitriles is 1. The number of anilines is 1. The number of aromatic nitrogens is 3. The van der Waals surface area contributed by atoms with Crippen LogP contribution in [0.5, 0.6) is 11.5 Å². The number of nitrogens with zero attached hydrogens (tertiary/aromatic N) is 6. The molecular weight excluding hydrogens is 526 g/mol. The number of rotatable bonds is 8. The van der Waals surface area contributed by atoms with Crippen molar-refractivity contribution < 1.29 is 9.53 Å². The van der Waals surface area contributed by atoms with Gasteiger partial charge in [0, 0.05) is 29.9 Å². The van der Waals surface area contributed by atoms with Gasteiger partial charge in [-0.25, -0.2) is 9.97 Å². The van der Waals surface area contributed by atoms with Crippen LogP contribution in [0.3, 0.4) is 0 Å². The minimum Gasteiger partial charge on any atom is -0.457 e. The summed E-state index contributed by atoms with van der Waals surface area (Å²) in [6.45, 7) is 7.17. The number of likely N-dealkylation sites (N-methyl/N-ethyl adjacent to an activating group) is 1. The molecule has 4 aromatic rings. The first-order valence-electron chi connectivity index (χ1n) is 14.1. The molecule has 1 aliphatic heterocycles. The van der Waals surface area contributed by atoms with Gasteiger partial charge in [-0.2, -0.15) is 5.26 Å². The molecule has 1 atom stereocenters. The van der Waals surface area contributed by atoms with Crippen LogP contribution in [0.2, 0.25) is 0 Å². The van der Waals surface area contributed by atoms with E-state index in [2.05, 4.69) is 20.6 Å². The second-order valence-corrected chi connectivity index (χ2v) is 11.5. The van der Waals surface area contributed by atoms with E-state index in [9.17, 15) is 10.1 Å². The molecule has 5 rings (SSSR count). The van der Waals surface area contributed by atoms with Crippen LogP contribution < -0.4 is 10.5 Å². The van der Waals surface area contributed by atoms with Crippen molar-refractivity contribution in [1.29, 1.82) is 5.26 Å². The van der Waals surface area contributed by atoms with E-state index in [4.69, 9.17) is 10.5 Å². The summed E-state index contributed by atoms with van der Waals surface area (Å²) in [4.78, 5) is 26.4. The first kappa shape index (κ1) is 28.8. The summed E-state index contributed by atoms with van der Waals surface area (Å²) in [7, 11) is 3.87. The van der Waals surface area contributed by atoms with E-state index in [1.807, 2.05) is 99.3 Å². The van der Waals surface area contributed by atoms with Gasteiger partial charge < -0.3 is 24.8 Å². The van der Waals surface area contributed by atoms with Gasteiger partial charge in [0.05, 0.1) is 11.4 Å². The molecule has 9 nitrogen and oxygen atoms in total. The highest BCUT2D eigenvalue weighted by atomic mass is 16.5. The van der Waals surface area contributed by atoms with Crippen LogP contribution in [0, 0.1) is 18.3 Å². The van der Waals surface area contributed by atoms with Crippen molar-refractivity contribution in [2.45, 2.75) is 51.7 Å². The molecule has 216 valence electrons. The molecular formula is C33H37N7O2. The predicted octanol–water partition coefficient (Wildman–Crippen LogP) is 5.56. The average molecular weight is 564 g/mol. The van der Waals surface area contributed by atoms with E-state index in [1.165, 1.54) is 6.33 Å². The molecule has 0 unspecified atom stereocenters. The van der Waals surface area contributed by atoms with E-state index < -0.39 is 5.54 Å². The fourth-order valence-electron chi connectivity index (χ4n) is 5.48. The molecule has 1 aliphatic rings. The summed E-state index contributed by atoms with van der Waals surface area (Å²) in [6, 6.07) is 19.6. The van der Waals surface area contributed by atoms with Crippen molar-refractivity contribution in [1.82, 2.24) is 24.3 Å². The number of ether oxygens (including phenoxy) is 1. The Morgan fingerprint density at radius 3 is 2.50 bits per heavy atom. The molecule has 1 amide bonds. The molecule has 1 saturated heterocycles. The zero-order chi connectivity index (χ0) is 30.0. The van der Waals surface area contributed by atoms with E-state index >= 15 is 0 Å². The van der Waals surface area contributed by atoms with Crippen molar-refractivity contribution in [3.05, 3.63) is 78.3 Å². The molecule has 0 saturated carbocycles. The maximum Gasteiger partial charge on any atom is 0.264 e. The number of hydrogen-bond acceptors (Lipinski definition) is 7. The van der Waals surface area contributed by atoms with Crippen LogP contribution in [0.4, 0.5) is 5.82 Å². The normalized spacial score (nSPS) is 15.8. The Morgan fingerprint density at radius 2 is 1.83 bits per heavy atom. The lowest BCUT2D eigenvalue weighted by molar-refractivity contribution is -0.127. The summed E-state index contributed by atoms with van der Waals surface area (Å²) >= 11 is 0. The smallest absolute Gasteiger partial charge is 0.264 e. The van der Waals surface area contributed by atoms with Crippen molar-refractivity contribution in [3.8, 4) is 28.7 Å². The molecule has 1 fully saturated rings. The molecule has 2 N–H and O–H groups in total. The third kappa shape index (κ3) is 5.58. The molecule has 2 aromatic heterocycles. The third-order valence-electron chi connectivity index (χ3n) is 8.28. The highest BCUT2D eigenvalue weighted by Gasteiger charge is 2.33. The molecule has 3 heterocycles. The second-order valence-electron chi connectivity index (χ2n) is 11.5. The van der Waals surface area contributed by atoms with Crippen LogP contribution in [0.1, 0.15) is 32.4 Å². The van der Waals surface area contributed by atoms with Gasteiger partial charge in [-0.05, 0) is 83.6 Å². The second kappa shape index (κ2) is 11.7. The van der Waals surface area contributed by atoms with Gasteiger partial charge in [-0.15, -0.1) is 0 Å². The molecule has 9 heteroatoms. The lowest BCUT2D eigenvalue weighted by atomic mass is 9.99. The first-order valence-corrected chi connectivity index (χ1v) is 14.1. The molecule has 0 aliphatic carbocycles. The maximum absolute atomic E-state index is 13.6. The monoisotopic (exact) mass is 563 g/mol. The Bertz CT molecular complexity index is 1660. The van der Waals surface area contributed by atoms with Crippen LogP contribution in [-0.4, -0.2) is 62.5 Å². The average Bonchev–Trinajstić information content (AvgIpc) is 3.55. The van der Waals surface area contributed by atoms with Crippen LogP contribution in [-0.2, 0) is 11.3 Å². The number of carbonyl (C=O) groups is 1. The molecule has 2 aromatic carbocycles. The number of carbonyl (C=O) groups excluding carboxylic acids is 1. The number of para-hydroxylation sites is 1. The largest absolute Gasteiger partial charge is 0.457 e. The highest BCUT2D eigenvalue weighted by molar-refractivity contribution is 6.02. The molecule has 42 heavy (non-hydrogen) atoms. The number of nitrogens with two attached hydrogens (primary N) is 1. The zero-order valence-electron chi connectivity index (χ0n) is 24.8. The SMILES string of the molecule is Cc1c(-c2ccc(Oc3ccccc3)cc2)c2c(N)ncnc2n1C[C@@H]1CCCN1C(=O)/C(C#N)=C/C(C)(C)N(C)C. The number of nitrogen functional groups attached to an aromatic ring is 1. The van der Waals surface area contributed by atoms with Crippen LogP contribution >= 0.6 is 0 Å². The topological polar surface area (TPSA) is 113 Å².